The van der Waals surface area contributed by atoms with Gasteiger partial charge < -0.3 is 37.3 Å². The molecule has 0 unspecified atom stereocenters. The minimum absolute atomic E-state index is 0.333. The maximum Gasteiger partial charge on any atom is 0.320 e. The van der Waals surface area contributed by atoms with Gasteiger partial charge in [-0.15, -0.1) is 0 Å². The Bertz CT molecular complexity index is 1070. The van der Waals surface area contributed by atoms with E-state index in [0.29, 0.717) is 19.3 Å². The third-order valence-electron chi connectivity index (χ3n) is 6.34. The average Bonchev–Trinajstić information content (AvgIpc) is 2.98. The number of methoxy groups -OCH3 is 1. The van der Waals surface area contributed by atoms with Crippen molar-refractivity contribution in [2.24, 2.45) is 17.2 Å². The highest BCUT2D eigenvalue weighted by molar-refractivity contribution is 5.74. The first-order valence-electron chi connectivity index (χ1n) is 13.6. The van der Waals surface area contributed by atoms with Crippen molar-refractivity contribution in [2.75, 3.05) is 7.11 Å². The molecule has 3 aromatic rings. The van der Waals surface area contributed by atoms with Crippen molar-refractivity contribution >= 4 is 17.9 Å². The average molecular weight is 582 g/mol. The number of carboxylic acids is 3. The second kappa shape index (κ2) is 19.0. The molecule has 0 saturated carbocycles. The van der Waals surface area contributed by atoms with E-state index in [2.05, 4.69) is 13.8 Å². The Hall–Kier alpha value is -4.25. The molecule has 0 aliphatic rings. The van der Waals surface area contributed by atoms with E-state index in [4.69, 9.17) is 37.3 Å². The number of rotatable bonds is 12. The molecule has 10 nitrogen and oxygen atoms in total. The first-order chi connectivity index (χ1) is 19.9. The summed E-state index contributed by atoms with van der Waals surface area (Å²) in [5, 5.41) is 25.8. The van der Waals surface area contributed by atoms with Gasteiger partial charge in [-0.1, -0.05) is 74.5 Å². The van der Waals surface area contributed by atoms with Crippen LogP contribution in [-0.4, -0.2) is 58.5 Å². The predicted octanol–water partition coefficient (Wildman–Crippen LogP) is 3.06. The van der Waals surface area contributed by atoms with Crippen LogP contribution in [0.5, 0.6) is 5.75 Å². The lowest BCUT2D eigenvalue weighted by Crippen LogP contribution is -2.32. The van der Waals surface area contributed by atoms with Gasteiger partial charge in [-0.05, 0) is 72.1 Å². The second-order valence-electron chi connectivity index (χ2n) is 9.63. The van der Waals surface area contributed by atoms with Gasteiger partial charge in [0.25, 0.3) is 0 Å². The van der Waals surface area contributed by atoms with Crippen molar-refractivity contribution in [1.82, 2.24) is 0 Å². The minimum atomic E-state index is -0.985. The fourth-order valence-electron chi connectivity index (χ4n) is 3.61. The number of aryl methyl sites for hydroxylation is 2. The first kappa shape index (κ1) is 35.8. The molecule has 228 valence electrons. The highest BCUT2D eigenvalue weighted by atomic mass is 16.5. The number of benzene rings is 3. The summed E-state index contributed by atoms with van der Waals surface area (Å²) in [5.41, 5.74) is 21.6. The molecule has 0 aliphatic heterocycles. The zero-order chi connectivity index (χ0) is 31.7. The van der Waals surface area contributed by atoms with Gasteiger partial charge in [0, 0.05) is 0 Å². The van der Waals surface area contributed by atoms with Gasteiger partial charge in [0.1, 0.15) is 23.9 Å². The van der Waals surface area contributed by atoms with Crippen LogP contribution in [0.1, 0.15) is 41.7 Å². The summed E-state index contributed by atoms with van der Waals surface area (Å²) < 4.78 is 4.97. The van der Waals surface area contributed by atoms with E-state index in [9.17, 15) is 14.4 Å². The molecule has 0 spiro atoms. The molecule has 10 heteroatoms. The number of aliphatic carboxylic acids is 3. The maximum absolute atomic E-state index is 10.5. The fraction of sp³-hybridized carbons (Fsp3) is 0.344. The van der Waals surface area contributed by atoms with Crippen LogP contribution in [0.15, 0.2) is 72.8 Å². The molecule has 0 fully saturated rings. The molecule has 0 heterocycles. The normalized spacial score (nSPS) is 12.3. The number of carboxylic acid groups (broad SMARTS) is 3. The van der Waals surface area contributed by atoms with Gasteiger partial charge >= 0.3 is 17.9 Å². The molecule has 42 heavy (non-hydrogen) atoms. The first-order valence-corrected chi connectivity index (χ1v) is 13.6. The quantitative estimate of drug-likeness (QED) is 0.185. The van der Waals surface area contributed by atoms with Gasteiger partial charge in [-0.25, -0.2) is 0 Å². The van der Waals surface area contributed by atoms with E-state index in [1.807, 2.05) is 60.7 Å². The van der Waals surface area contributed by atoms with Gasteiger partial charge in [-0.2, -0.15) is 0 Å². The Kier molecular flexibility index (Phi) is 16.2. The third-order valence-corrected chi connectivity index (χ3v) is 6.34. The van der Waals surface area contributed by atoms with Crippen LogP contribution in [0, 0.1) is 0 Å². The van der Waals surface area contributed by atoms with Crippen molar-refractivity contribution < 1.29 is 34.4 Å². The van der Waals surface area contributed by atoms with Crippen LogP contribution in [0.25, 0.3) is 0 Å². The molecule has 0 saturated heterocycles. The van der Waals surface area contributed by atoms with Gasteiger partial charge in [0.15, 0.2) is 0 Å². The van der Waals surface area contributed by atoms with Gasteiger partial charge in [0.05, 0.1) is 7.11 Å². The Morgan fingerprint density at radius 2 is 0.786 bits per heavy atom. The van der Waals surface area contributed by atoms with Gasteiger partial charge in [-0.3, -0.25) is 14.4 Å². The minimum Gasteiger partial charge on any atom is -0.497 e. The zero-order valence-electron chi connectivity index (χ0n) is 24.4. The number of carbonyl (C=O) groups is 3. The van der Waals surface area contributed by atoms with Crippen LogP contribution in [0.3, 0.4) is 0 Å². The molecule has 0 aliphatic carbocycles. The molecule has 9 N–H and O–H groups in total. The van der Waals surface area contributed by atoms with Crippen molar-refractivity contribution in [3.05, 3.63) is 101 Å². The van der Waals surface area contributed by atoms with E-state index in [0.717, 1.165) is 35.3 Å². The van der Waals surface area contributed by atoms with Gasteiger partial charge in [0.2, 0.25) is 0 Å². The van der Waals surface area contributed by atoms with E-state index in [-0.39, 0.29) is 0 Å². The summed E-state index contributed by atoms with van der Waals surface area (Å²) >= 11 is 0. The highest BCUT2D eigenvalue weighted by Crippen LogP contribution is 2.12. The molecule has 0 bridgehead atoms. The Balaban J connectivity index is 0.000000315. The maximum atomic E-state index is 10.5. The van der Waals surface area contributed by atoms with E-state index in [1.165, 1.54) is 11.1 Å². The molecule has 3 aromatic carbocycles. The standard InChI is InChI=1S/2C11H15NO2.C10H13NO3/c2*1-2-8-3-5-9(6-4-8)7-10(12)11(13)14;1-14-8-4-2-7(3-5-8)6-9(11)10(12)13/h2*3-6,10H,2,7,12H2,1H3,(H,13,14);2-5,9H,6,11H2,1H3,(H,12,13)/t2*10-;9-/m100/s1. The van der Waals surface area contributed by atoms with Crippen molar-refractivity contribution in [1.29, 1.82) is 0 Å². The number of ether oxygens (including phenoxy) is 1. The number of hydrogen-bond donors (Lipinski definition) is 6. The van der Waals surface area contributed by atoms with Crippen LogP contribution in [0.4, 0.5) is 0 Å². The van der Waals surface area contributed by atoms with Crippen molar-refractivity contribution in [2.45, 2.75) is 64.1 Å². The Morgan fingerprint density at radius 1 is 0.548 bits per heavy atom. The summed E-state index contributed by atoms with van der Waals surface area (Å²) in [4.78, 5) is 31.5. The molecular weight excluding hydrogens is 538 g/mol. The Labute approximate surface area is 247 Å². The SMILES string of the molecule is CCc1ccc(C[C@@H](N)C(=O)O)cc1.CCc1ccc(C[C@H](N)C(=O)O)cc1.COc1ccc(C[C@H](N)C(=O)O)cc1. The molecule has 3 atom stereocenters. The van der Waals surface area contributed by atoms with E-state index >= 15 is 0 Å². The Morgan fingerprint density at radius 3 is 1.00 bits per heavy atom. The predicted molar refractivity (Wildman–Crippen MR) is 163 cm³/mol. The lowest BCUT2D eigenvalue weighted by Gasteiger charge is -2.06. The van der Waals surface area contributed by atoms with E-state index < -0.39 is 36.0 Å². The van der Waals surface area contributed by atoms with Crippen molar-refractivity contribution in [3.63, 3.8) is 0 Å². The summed E-state index contributed by atoms with van der Waals surface area (Å²) in [6.45, 7) is 4.16. The van der Waals surface area contributed by atoms with Crippen LogP contribution < -0.4 is 21.9 Å². The number of hydrogen-bond acceptors (Lipinski definition) is 7. The molecule has 3 rings (SSSR count). The third kappa shape index (κ3) is 13.9. The lowest BCUT2D eigenvalue weighted by atomic mass is 10.0. The van der Waals surface area contributed by atoms with Crippen LogP contribution in [0.2, 0.25) is 0 Å². The van der Waals surface area contributed by atoms with Crippen LogP contribution in [-0.2, 0) is 46.5 Å². The monoisotopic (exact) mass is 581 g/mol. The molecule has 0 radical (unpaired) electrons. The highest BCUT2D eigenvalue weighted by Gasteiger charge is 2.13. The lowest BCUT2D eigenvalue weighted by molar-refractivity contribution is -0.139. The largest absolute Gasteiger partial charge is 0.497 e. The zero-order valence-corrected chi connectivity index (χ0v) is 24.4. The fourth-order valence-corrected chi connectivity index (χ4v) is 3.61. The summed E-state index contributed by atoms with van der Waals surface area (Å²) in [6.07, 6.45) is 3.09. The van der Waals surface area contributed by atoms with E-state index in [1.54, 1.807) is 19.2 Å². The summed E-state index contributed by atoms with van der Waals surface area (Å²) in [5.74, 6) is -2.15. The second-order valence-corrected chi connectivity index (χ2v) is 9.63. The molecular formula is C32H43N3O7. The summed E-state index contributed by atoms with van der Waals surface area (Å²) in [6, 6.07) is 20.5. The van der Waals surface area contributed by atoms with Crippen LogP contribution >= 0.6 is 0 Å². The van der Waals surface area contributed by atoms with Crippen molar-refractivity contribution in [3.8, 4) is 5.75 Å². The molecule has 0 amide bonds. The topological polar surface area (TPSA) is 199 Å². The summed E-state index contributed by atoms with van der Waals surface area (Å²) in [7, 11) is 1.58. The molecule has 0 aromatic heterocycles. The number of nitrogens with two attached hydrogens (primary N) is 3. The smallest absolute Gasteiger partial charge is 0.320 e.